The number of benzene rings is 1. The SMILES string of the molecule is CN(C(=O)c1ccc(O)c(O)c1)C1CCCCC1Cl. The van der Waals surface area contributed by atoms with Crippen LogP contribution in [0.15, 0.2) is 18.2 Å². The van der Waals surface area contributed by atoms with Crippen molar-refractivity contribution in [2.45, 2.75) is 37.1 Å². The topological polar surface area (TPSA) is 60.8 Å². The highest BCUT2D eigenvalue weighted by molar-refractivity contribution is 6.21. The minimum Gasteiger partial charge on any atom is -0.504 e. The molecule has 0 aliphatic heterocycles. The molecule has 2 rings (SSSR count). The second kappa shape index (κ2) is 5.70. The summed E-state index contributed by atoms with van der Waals surface area (Å²) in [6.45, 7) is 0. The van der Waals surface area contributed by atoms with Crippen molar-refractivity contribution < 1.29 is 15.0 Å². The molecule has 1 saturated carbocycles. The number of hydrogen-bond donors (Lipinski definition) is 2. The summed E-state index contributed by atoms with van der Waals surface area (Å²) in [6.07, 6.45) is 4.00. The summed E-state index contributed by atoms with van der Waals surface area (Å²) in [7, 11) is 1.73. The highest BCUT2D eigenvalue weighted by atomic mass is 35.5. The van der Waals surface area contributed by atoms with E-state index in [9.17, 15) is 15.0 Å². The Bertz CT molecular complexity index is 478. The fourth-order valence-electron chi connectivity index (χ4n) is 2.51. The molecule has 104 valence electrons. The van der Waals surface area contributed by atoms with E-state index in [0.717, 1.165) is 25.7 Å². The van der Waals surface area contributed by atoms with E-state index in [1.807, 2.05) is 0 Å². The molecule has 19 heavy (non-hydrogen) atoms. The average molecular weight is 284 g/mol. The van der Waals surface area contributed by atoms with Crippen molar-refractivity contribution >= 4 is 17.5 Å². The lowest BCUT2D eigenvalue weighted by Gasteiger charge is -2.35. The molecule has 1 aliphatic carbocycles. The zero-order valence-electron chi connectivity index (χ0n) is 10.8. The van der Waals surface area contributed by atoms with Gasteiger partial charge in [-0.3, -0.25) is 4.79 Å². The van der Waals surface area contributed by atoms with Crippen molar-refractivity contribution in [1.82, 2.24) is 4.90 Å². The number of nitrogens with zero attached hydrogens (tertiary/aromatic N) is 1. The predicted octanol–water partition coefficient (Wildman–Crippen LogP) is 2.72. The lowest BCUT2D eigenvalue weighted by molar-refractivity contribution is 0.0700. The van der Waals surface area contributed by atoms with Crippen LogP contribution in [0.3, 0.4) is 0 Å². The molecule has 0 saturated heterocycles. The van der Waals surface area contributed by atoms with Gasteiger partial charge in [0.1, 0.15) is 0 Å². The van der Waals surface area contributed by atoms with E-state index in [0.29, 0.717) is 5.56 Å². The quantitative estimate of drug-likeness (QED) is 0.648. The van der Waals surface area contributed by atoms with Gasteiger partial charge in [-0.25, -0.2) is 0 Å². The molecule has 5 heteroatoms. The third-order valence-electron chi connectivity index (χ3n) is 3.69. The van der Waals surface area contributed by atoms with E-state index in [4.69, 9.17) is 11.6 Å². The molecule has 0 radical (unpaired) electrons. The molecule has 0 spiro atoms. The maximum absolute atomic E-state index is 12.3. The fourth-order valence-corrected chi connectivity index (χ4v) is 2.96. The van der Waals surface area contributed by atoms with Crippen LogP contribution in [0.25, 0.3) is 0 Å². The van der Waals surface area contributed by atoms with Gasteiger partial charge in [-0.15, -0.1) is 11.6 Å². The summed E-state index contributed by atoms with van der Waals surface area (Å²) in [5.74, 6) is -0.703. The van der Waals surface area contributed by atoms with E-state index in [1.165, 1.54) is 18.2 Å². The van der Waals surface area contributed by atoms with Gasteiger partial charge in [-0.1, -0.05) is 12.8 Å². The van der Waals surface area contributed by atoms with Crippen LogP contribution >= 0.6 is 11.6 Å². The molecular weight excluding hydrogens is 266 g/mol. The number of phenols is 2. The van der Waals surface area contributed by atoms with Gasteiger partial charge >= 0.3 is 0 Å². The second-order valence-corrected chi connectivity index (χ2v) is 5.55. The molecule has 1 amide bonds. The Morgan fingerprint density at radius 1 is 1.26 bits per heavy atom. The van der Waals surface area contributed by atoms with Crippen LogP contribution in [0, 0.1) is 0 Å². The third-order valence-corrected chi connectivity index (χ3v) is 4.20. The lowest BCUT2D eigenvalue weighted by Crippen LogP contribution is -2.44. The first-order valence-corrected chi connectivity index (χ1v) is 6.87. The van der Waals surface area contributed by atoms with Crippen molar-refractivity contribution in [3.63, 3.8) is 0 Å². The Balaban J connectivity index is 2.15. The first-order valence-electron chi connectivity index (χ1n) is 6.44. The highest BCUT2D eigenvalue weighted by Gasteiger charge is 2.30. The van der Waals surface area contributed by atoms with E-state index in [2.05, 4.69) is 0 Å². The van der Waals surface area contributed by atoms with Crippen LogP contribution < -0.4 is 0 Å². The minimum absolute atomic E-state index is 0.0200. The number of alkyl halides is 1. The number of carbonyl (C=O) groups is 1. The normalized spacial score (nSPS) is 23.1. The van der Waals surface area contributed by atoms with Gasteiger partial charge in [-0.05, 0) is 31.0 Å². The highest BCUT2D eigenvalue weighted by Crippen LogP contribution is 2.29. The third kappa shape index (κ3) is 2.95. The van der Waals surface area contributed by atoms with E-state index in [-0.39, 0.29) is 28.8 Å². The van der Waals surface area contributed by atoms with Gasteiger partial charge < -0.3 is 15.1 Å². The number of amides is 1. The Morgan fingerprint density at radius 3 is 2.58 bits per heavy atom. The van der Waals surface area contributed by atoms with Crippen molar-refractivity contribution in [1.29, 1.82) is 0 Å². The molecule has 1 aliphatic rings. The second-order valence-electron chi connectivity index (χ2n) is 4.99. The molecule has 1 aromatic carbocycles. The Morgan fingerprint density at radius 2 is 1.95 bits per heavy atom. The fraction of sp³-hybridized carbons (Fsp3) is 0.500. The van der Waals surface area contributed by atoms with Gasteiger partial charge in [0.05, 0.1) is 5.38 Å². The number of carbonyl (C=O) groups excluding carboxylic acids is 1. The number of hydrogen-bond acceptors (Lipinski definition) is 3. The number of aromatic hydroxyl groups is 2. The van der Waals surface area contributed by atoms with Crippen LogP contribution in [0.1, 0.15) is 36.0 Å². The summed E-state index contributed by atoms with van der Waals surface area (Å²) < 4.78 is 0. The van der Waals surface area contributed by atoms with Crippen LogP contribution in [0.2, 0.25) is 0 Å². The van der Waals surface area contributed by atoms with Gasteiger partial charge in [-0.2, -0.15) is 0 Å². The molecule has 1 fully saturated rings. The summed E-state index contributed by atoms with van der Waals surface area (Å²) >= 11 is 6.28. The maximum atomic E-state index is 12.3. The maximum Gasteiger partial charge on any atom is 0.254 e. The Labute approximate surface area is 117 Å². The van der Waals surface area contributed by atoms with Crippen molar-refractivity contribution in [2.75, 3.05) is 7.05 Å². The van der Waals surface area contributed by atoms with Crippen molar-refractivity contribution in [2.24, 2.45) is 0 Å². The average Bonchev–Trinajstić information content (AvgIpc) is 2.41. The van der Waals surface area contributed by atoms with E-state index < -0.39 is 0 Å². The number of halogens is 1. The summed E-state index contributed by atoms with van der Waals surface area (Å²) in [5, 5.41) is 18.7. The van der Waals surface area contributed by atoms with E-state index in [1.54, 1.807) is 11.9 Å². The molecule has 0 heterocycles. The van der Waals surface area contributed by atoms with Crippen molar-refractivity contribution in [3.8, 4) is 11.5 Å². The molecule has 1 aromatic rings. The van der Waals surface area contributed by atoms with Gasteiger partial charge in [0.25, 0.3) is 5.91 Å². The van der Waals surface area contributed by atoms with Crippen molar-refractivity contribution in [3.05, 3.63) is 23.8 Å². The Hall–Kier alpha value is -1.42. The standard InChI is InChI=1S/C14H18ClNO3/c1-16(11-5-3-2-4-10(11)15)14(19)9-6-7-12(17)13(18)8-9/h6-8,10-11,17-18H,2-5H2,1H3. The zero-order chi connectivity index (χ0) is 14.0. The molecular formula is C14H18ClNO3. The largest absolute Gasteiger partial charge is 0.504 e. The zero-order valence-corrected chi connectivity index (χ0v) is 11.6. The Kier molecular flexibility index (Phi) is 4.20. The van der Waals surface area contributed by atoms with Gasteiger partial charge in [0.2, 0.25) is 0 Å². The van der Waals surface area contributed by atoms with Crippen LogP contribution in [-0.4, -0.2) is 39.5 Å². The van der Waals surface area contributed by atoms with Crippen LogP contribution in [-0.2, 0) is 0 Å². The monoisotopic (exact) mass is 283 g/mol. The smallest absolute Gasteiger partial charge is 0.254 e. The molecule has 2 atom stereocenters. The molecule has 0 bridgehead atoms. The summed E-state index contributed by atoms with van der Waals surface area (Å²) in [6, 6.07) is 4.12. The van der Waals surface area contributed by atoms with Gasteiger partial charge in [0, 0.05) is 18.7 Å². The minimum atomic E-state index is -0.287. The first kappa shape index (κ1) is 14.0. The van der Waals surface area contributed by atoms with Gasteiger partial charge in [0.15, 0.2) is 11.5 Å². The van der Waals surface area contributed by atoms with Crippen LogP contribution in [0.4, 0.5) is 0 Å². The summed E-state index contributed by atoms with van der Waals surface area (Å²) in [4.78, 5) is 14.0. The molecule has 4 nitrogen and oxygen atoms in total. The summed E-state index contributed by atoms with van der Waals surface area (Å²) in [5.41, 5.74) is 0.354. The molecule has 2 unspecified atom stereocenters. The molecule has 2 N–H and O–H groups in total. The number of rotatable bonds is 2. The number of phenolic OH excluding ortho intramolecular Hbond substituents is 2. The lowest BCUT2D eigenvalue weighted by atomic mass is 9.93. The molecule has 0 aromatic heterocycles. The van der Waals surface area contributed by atoms with E-state index >= 15 is 0 Å². The first-order chi connectivity index (χ1) is 9.00. The van der Waals surface area contributed by atoms with Crippen LogP contribution in [0.5, 0.6) is 11.5 Å². The predicted molar refractivity (Wildman–Crippen MR) is 73.8 cm³/mol.